The van der Waals surface area contributed by atoms with E-state index in [4.69, 9.17) is 0 Å². The molecule has 36 heavy (non-hydrogen) atoms. The van der Waals surface area contributed by atoms with Crippen molar-refractivity contribution in [2.75, 3.05) is 11.9 Å². The second-order valence-corrected chi connectivity index (χ2v) is 10.6. The Morgan fingerprint density at radius 1 is 1.00 bits per heavy atom. The molecule has 1 saturated heterocycles. The molecule has 4 rings (SSSR count). The SMILES string of the molecule is Cc1ccc(C(=O)O)cc1C1CCC(NC(=O)[C@H]2CCCN2C(O)Nc2ccc(C(C)C)cc2)CC1. The summed E-state index contributed by atoms with van der Waals surface area (Å²) < 4.78 is 0. The molecule has 4 N–H and O–H groups in total. The Morgan fingerprint density at radius 3 is 2.33 bits per heavy atom. The summed E-state index contributed by atoms with van der Waals surface area (Å²) in [6, 6.07) is 13.2. The summed E-state index contributed by atoms with van der Waals surface area (Å²) in [6.45, 7) is 6.99. The van der Waals surface area contributed by atoms with E-state index in [1.54, 1.807) is 6.07 Å². The number of rotatable bonds is 8. The minimum atomic E-state index is -0.923. The van der Waals surface area contributed by atoms with Crippen LogP contribution in [-0.4, -0.2) is 52.0 Å². The number of carbonyl (C=O) groups excluding carboxylic acids is 1. The van der Waals surface area contributed by atoms with Crippen molar-refractivity contribution in [3.63, 3.8) is 0 Å². The summed E-state index contributed by atoms with van der Waals surface area (Å²) in [5, 5.41) is 26.6. The molecule has 2 aromatic carbocycles. The second-order valence-electron chi connectivity index (χ2n) is 10.6. The Morgan fingerprint density at radius 2 is 1.69 bits per heavy atom. The third-order valence-electron chi connectivity index (χ3n) is 7.82. The molecule has 0 aromatic heterocycles. The van der Waals surface area contributed by atoms with Crippen LogP contribution < -0.4 is 10.6 Å². The van der Waals surface area contributed by atoms with Crippen LogP contribution in [-0.2, 0) is 4.79 Å². The topological polar surface area (TPSA) is 102 Å². The largest absolute Gasteiger partial charge is 0.478 e. The van der Waals surface area contributed by atoms with E-state index in [0.717, 1.165) is 55.3 Å². The van der Waals surface area contributed by atoms with Gasteiger partial charge in [0.1, 0.15) is 0 Å². The fraction of sp³-hybridized carbons (Fsp3) is 0.517. The molecule has 1 aliphatic carbocycles. The van der Waals surface area contributed by atoms with Gasteiger partial charge in [0.05, 0.1) is 11.6 Å². The van der Waals surface area contributed by atoms with Gasteiger partial charge < -0.3 is 20.8 Å². The van der Waals surface area contributed by atoms with Crippen LogP contribution in [0.15, 0.2) is 42.5 Å². The van der Waals surface area contributed by atoms with Crippen LogP contribution in [0.5, 0.6) is 0 Å². The van der Waals surface area contributed by atoms with E-state index >= 15 is 0 Å². The highest BCUT2D eigenvalue weighted by molar-refractivity contribution is 5.88. The van der Waals surface area contributed by atoms with Crippen molar-refractivity contribution in [2.24, 2.45) is 0 Å². The van der Waals surface area contributed by atoms with Gasteiger partial charge in [0.25, 0.3) is 0 Å². The Labute approximate surface area is 213 Å². The van der Waals surface area contributed by atoms with E-state index in [9.17, 15) is 19.8 Å². The fourth-order valence-corrected chi connectivity index (χ4v) is 5.62. The van der Waals surface area contributed by atoms with E-state index in [1.807, 2.05) is 36.1 Å². The van der Waals surface area contributed by atoms with Crippen molar-refractivity contribution in [1.29, 1.82) is 0 Å². The highest BCUT2D eigenvalue weighted by Gasteiger charge is 2.36. The molecule has 7 nitrogen and oxygen atoms in total. The molecule has 0 spiro atoms. The second kappa shape index (κ2) is 11.4. The van der Waals surface area contributed by atoms with Gasteiger partial charge in [-0.3, -0.25) is 4.79 Å². The van der Waals surface area contributed by atoms with Gasteiger partial charge in [-0.05, 0) is 98.2 Å². The van der Waals surface area contributed by atoms with Crippen molar-refractivity contribution in [3.8, 4) is 0 Å². The van der Waals surface area contributed by atoms with E-state index in [2.05, 4.69) is 36.6 Å². The van der Waals surface area contributed by atoms with Gasteiger partial charge in [0.2, 0.25) is 5.91 Å². The molecule has 0 radical (unpaired) electrons. The molecule has 1 heterocycles. The van der Waals surface area contributed by atoms with Gasteiger partial charge in [-0.2, -0.15) is 0 Å². The Balaban J connectivity index is 1.31. The molecule has 2 fully saturated rings. The predicted molar refractivity (Wildman–Crippen MR) is 141 cm³/mol. The first-order chi connectivity index (χ1) is 17.2. The number of hydrogen-bond acceptors (Lipinski definition) is 5. The lowest BCUT2D eigenvalue weighted by Gasteiger charge is -2.33. The lowest BCUT2D eigenvalue weighted by Crippen LogP contribution is -2.52. The van der Waals surface area contributed by atoms with Crippen molar-refractivity contribution < 1.29 is 19.8 Å². The zero-order chi connectivity index (χ0) is 25.8. The van der Waals surface area contributed by atoms with Crippen LogP contribution in [0.3, 0.4) is 0 Å². The molecule has 1 amide bonds. The predicted octanol–water partition coefficient (Wildman–Crippen LogP) is 4.81. The molecular formula is C29H39N3O4. The molecular weight excluding hydrogens is 454 g/mol. The standard InChI is InChI=1S/C29H39N3O4/c1-18(2)20-8-12-24(13-9-20)31-29(36)32-16-4-5-26(32)27(33)30-23-14-10-21(11-15-23)25-17-22(28(34)35)7-6-19(25)3/h6-9,12-13,17-18,21,23,26,29,31,36H,4-5,10-11,14-16H2,1-3H3,(H,30,33)(H,34,35)/t21?,23?,26-,29?/m1/s1. The summed E-state index contributed by atoms with van der Waals surface area (Å²) in [4.78, 5) is 26.4. The molecule has 0 bridgehead atoms. The van der Waals surface area contributed by atoms with Gasteiger partial charge in [-0.25, -0.2) is 9.69 Å². The number of aliphatic hydroxyl groups is 1. The lowest BCUT2D eigenvalue weighted by atomic mass is 9.79. The number of benzene rings is 2. The number of nitrogens with zero attached hydrogens (tertiary/aromatic N) is 1. The maximum Gasteiger partial charge on any atom is 0.335 e. The molecule has 1 unspecified atom stereocenters. The van der Waals surface area contributed by atoms with Gasteiger partial charge in [-0.15, -0.1) is 0 Å². The van der Waals surface area contributed by atoms with Crippen LogP contribution in [0.4, 0.5) is 5.69 Å². The lowest BCUT2D eigenvalue weighted by molar-refractivity contribution is -0.129. The number of aromatic carboxylic acids is 1. The number of carbonyl (C=O) groups is 2. The molecule has 1 aliphatic heterocycles. The monoisotopic (exact) mass is 493 g/mol. The number of likely N-dealkylation sites (tertiary alicyclic amines) is 1. The Kier molecular flexibility index (Phi) is 8.32. The third-order valence-corrected chi connectivity index (χ3v) is 7.82. The minimum absolute atomic E-state index is 0.0176. The first-order valence-electron chi connectivity index (χ1n) is 13.2. The summed E-state index contributed by atoms with van der Waals surface area (Å²) >= 11 is 0. The number of aryl methyl sites for hydroxylation is 1. The van der Waals surface area contributed by atoms with Gasteiger partial charge >= 0.3 is 5.97 Å². The molecule has 7 heteroatoms. The number of carboxylic acid groups (broad SMARTS) is 1. The summed E-state index contributed by atoms with van der Waals surface area (Å²) in [6.07, 6.45) is 4.24. The minimum Gasteiger partial charge on any atom is -0.478 e. The average Bonchev–Trinajstić information content (AvgIpc) is 3.36. The Bertz CT molecular complexity index is 1060. The number of anilines is 1. The van der Waals surface area contributed by atoms with Crippen molar-refractivity contribution in [1.82, 2.24) is 10.2 Å². The van der Waals surface area contributed by atoms with Gasteiger partial charge in [-0.1, -0.05) is 32.0 Å². The normalized spacial score (nSPS) is 23.4. The van der Waals surface area contributed by atoms with Crippen molar-refractivity contribution >= 4 is 17.6 Å². The van der Waals surface area contributed by atoms with E-state index in [-0.39, 0.29) is 18.0 Å². The number of hydrogen-bond donors (Lipinski definition) is 4. The number of nitrogens with one attached hydrogen (secondary N) is 2. The van der Waals surface area contributed by atoms with Crippen LogP contribution in [0.1, 0.15) is 91.3 Å². The summed E-state index contributed by atoms with van der Waals surface area (Å²) in [5.74, 6) is -0.156. The van der Waals surface area contributed by atoms with E-state index in [1.165, 1.54) is 5.56 Å². The highest BCUT2D eigenvalue weighted by atomic mass is 16.4. The number of aliphatic hydroxyl groups excluding tert-OH is 1. The van der Waals surface area contributed by atoms with Crippen molar-refractivity contribution in [3.05, 3.63) is 64.7 Å². The first-order valence-corrected chi connectivity index (χ1v) is 13.2. The quantitative estimate of drug-likeness (QED) is 0.394. The molecule has 1 saturated carbocycles. The van der Waals surface area contributed by atoms with E-state index < -0.39 is 12.3 Å². The number of carboxylic acids is 1. The smallest absolute Gasteiger partial charge is 0.335 e. The van der Waals surface area contributed by atoms with Crippen LogP contribution in [0, 0.1) is 6.92 Å². The molecule has 2 atom stereocenters. The Hall–Kier alpha value is -2.90. The molecule has 2 aliphatic rings. The molecule has 194 valence electrons. The van der Waals surface area contributed by atoms with E-state index in [0.29, 0.717) is 23.9 Å². The maximum atomic E-state index is 13.2. The summed E-state index contributed by atoms with van der Waals surface area (Å²) in [7, 11) is 0. The van der Waals surface area contributed by atoms with Gasteiger partial charge in [0, 0.05) is 18.3 Å². The first kappa shape index (κ1) is 26.2. The zero-order valence-electron chi connectivity index (χ0n) is 21.5. The fourth-order valence-electron chi connectivity index (χ4n) is 5.62. The summed E-state index contributed by atoms with van der Waals surface area (Å²) in [5.41, 5.74) is 4.63. The number of amides is 1. The third kappa shape index (κ3) is 6.08. The van der Waals surface area contributed by atoms with Crippen LogP contribution in [0.2, 0.25) is 0 Å². The zero-order valence-corrected chi connectivity index (χ0v) is 21.5. The average molecular weight is 494 g/mol. The molecule has 2 aromatic rings. The highest BCUT2D eigenvalue weighted by Crippen LogP contribution is 2.35. The maximum absolute atomic E-state index is 13.2. The van der Waals surface area contributed by atoms with Crippen LogP contribution in [0.25, 0.3) is 0 Å². The van der Waals surface area contributed by atoms with Crippen LogP contribution >= 0.6 is 0 Å². The van der Waals surface area contributed by atoms with Crippen molar-refractivity contribution in [2.45, 2.75) is 89.6 Å². The van der Waals surface area contributed by atoms with Gasteiger partial charge in [0.15, 0.2) is 6.35 Å².